The van der Waals surface area contributed by atoms with Crippen LogP contribution in [-0.4, -0.2) is 33.2 Å². The van der Waals surface area contributed by atoms with Crippen LogP contribution in [0.1, 0.15) is 24.2 Å². The lowest BCUT2D eigenvalue weighted by Crippen LogP contribution is -2.37. The molecule has 0 bridgehead atoms. The van der Waals surface area contributed by atoms with Gasteiger partial charge in [-0.3, -0.25) is 9.59 Å². The van der Waals surface area contributed by atoms with Crippen molar-refractivity contribution in [1.82, 2.24) is 4.72 Å². The Labute approximate surface area is 147 Å². The van der Waals surface area contributed by atoms with Gasteiger partial charge in [0.05, 0.1) is 4.90 Å². The van der Waals surface area contributed by atoms with E-state index < -0.39 is 10.0 Å². The number of ketones is 1. The Kier molecular flexibility index (Phi) is 6.06. The van der Waals surface area contributed by atoms with E-state index in [4.69, 9.17) is 0 Å². The minimum atomic E-state index is -3.63. The zero-order valence-electron chi connectivity index (χ0n) is 14.1. The summed E-state index contributed by atoms with van der Waals surface area (Å²) in [7, 11) is -3.63. The first-order valence-electron chi connectivity index (χ1n) is 7.75. The highest BCUT2D eigenvalue weighted by Crippen LogP contribution is 2.17. The molecule has 0 saturated heterocycles. The van der Waals surface area contributed by atoms with Gasteiger partial charge in [0.1, 0.15) is 0 Å². The van der Waals surface area contributed by atoms with Crippen LogP contribution in [0.2, 0.25) is 0 Å². The number of nitrogens with zero attached hydrogens (tertiary/aromatic N) is 1. The molecule has 0 atom stereocenters. The first kappa shape index (κ1) is 18.8. The van der Waals surface area contributed by atoms with Gasteiger partial charge < -0.3 is 4.90 Å². The number of carbonyl (C=O) groups is 2. The number of hydrogen-bond donors (Lipinski definition) is 1. The first-order valence-corrected chi connectivity index (χ1v) is 9.23. The predicted octanol–water partition coefficient (Wildman–Crippen LogP) is 2.22. The highest BCUT2D eigenvalue weighted by Gasteiger charge is 2.16. The lowest BCUT2D eigenvalue weighted by atomic mass is 10.1. The molecule has 2 rings (SSSR count). The molecule has 0 fully saturated rings. The molecule has 0 spiro atoms. The molecule has 1 amide bonds. The van der Waals surface area contributed by atoms with Crippen molar-refractivity contribution in [2.75, 3.05) is 18.0 Å². The summed E-state index contributed by atoms with van der Waals surface area (Å²) in [5, 5.41) is 0. The second-order valence-electron chi connectivity index (χ2n) is 5.49. The molecule has 132 valence electrons. The SMILES string of the molecule is CC(=O)c1cccc(N(CCNS(=O)(=O)c2ccccc2)C(C)=O)c1. The summed E-state index contributed by atoms with van der Waals surface area (Å²) in [6.45, 7) is 3.06. The van der Waals surface area contributed by atoms with E-state index in [-0.39, 0.29) is 29.7 Å². The highest BCUT2D eigenvalue weighted by atomic mass is 32.2. The van der Waals surface area contributed by atoms with Crippen LogP contribution >= 0.6 is 0 Å². The van der Waals surface area contributed by atoms with E-state index in [1.165, 1.54) is 30.9 Å². The molecule has 0 aliphatic heterocycles. The summed E-state index contributed by atoms with van der Waals surface area (Å²) in [5.74, 6) is -0.338. The number of benzene rings is 2. The Morgan fingerprint density at radius 2 is 1.68 bits per heavy atom. The van der Waals surface area contributed by atoms with Crippen LogP contribution in [0, 0.1) is 0 Å². The second-order valence-corrected chi connectivity index (χ2v) is 7.25. The van der Waals surface area contributed by atoms with Crippen LogP contribution in [0.25, 0.3) is 0 Å². The number of anilines is 1. The lowest BCUT2D eigenvalue weighted by Gasteiger charge is -2.22. The molecule has 0 unspecified atom stereocenters. The van der Waals surface area contributed by atoms with Gasteiger partial charge >= 0.3 is 0 Å². The molecule has 7 heteroatoms. The van der Waals surface area contributed by atoms with Crippen molar-refractivity contribution in [2.24, 2.45) is 0 Å². The van der Waals surface area contributed by atoms with Gasteiger partial charge in [-0.15, -0.1) is 0 Å². The molecule has 6 nitrogen and oxygen atoms in total. The van der Waals surface area contributed by atoms with E-state index in [9.17, 15) is 18.0 Å². The molecule has 0 saturated carbocycles. The quantitative estimate of drug-likeness (QED) is 0.768. The lowest BCUT2D eigenvalue weighted by molar-refractivity contribution is -0.116. The average Bonchev–Trinajstić information content (AvgIpc) is 2.59. The van der Waals surface area contributed by atoms with E-state index in [1.54, 1.807) is 42.5 Å². The molecule has 0 aromatic heterocycles. The Bertz CT molecular complexity index is 864. The number of nitrogens with one attached hydrogen (secondary N) is 1. The molecule has 0 radical (unpaired) electrons. The van der Waals surface area contributed by atoms with Gasteiger partial charge in [0.25, 0.3) is 0 Å². The number of hydrogen-bond acceptors (Lipinski definition) is 4. The molecule has 0 aliphatic carbocycles. The maximum Gasteiger partial charge on any atom is 0.240 e. The Morgan fingerprint density at radius 3 is 2.28 bits per heavy atom. The smallest absolute Gasteiger partial charge is 0.240 e. The fraction of sp³-hybridized carbons (Fsp3) is 0.222. The van der Waals surface area contributed by atoms with Crippen molar-refractivity contribution < 1.29 is 18.0 Å². The van der Waals surface area contributed by atoms with Crippen molar-refractivity contribution in [3.05, 3.63) is 60.2 Å². The number of rotatable bonds is 7. The second kappa shape index (κ2) is 8.04. The van der Waals surface area contributed by atoms with Crippen molar-refractivity contribution in [1.29, 1.82) is 0 Å². The van der Waals surface area contributed by atoms with Gasteiger partial charge in [0, 0.05) is 31.3 Å². The molecule has 1 N–H and O–H groups in total. The maximum absolute atomic E-state index is 12.2. The van der Waals surface area contributed by atoms with Gasteiger partial charge in [-0.1, -0.05) is 30.3 Å². The fourth-order valence-electron chi connectivity index (χ4n) is 2.34. The normalized spacial score (nSPS) is 11.1. The van der Waals surface area contributed by atoms with E-state index in [0.717, 1.165) is 0 Å². The van der Waals surface area contributed by atoms with Crippen LogP contribution in [0.15, 0.2) is 59.5 Å². The molecule has 25 heavy (non-hydrogen) atoms. The summed E-state index contributed by atoms with van der Waals surface area (Å²) >= 11 is 0. The van der Waals surface area contributed by atoms with E-state index >= 15 is 0 Å². The standard InChI is InChI=1S/C18H20N2O4S/c1-14(21)16-7-6-8-17(13-16)20(15(2)22)12-11-19-25(23,24)18-9-4-3-5-10-18/h3-10,13,19H,11-12H2,1-2H3. The van der Waals surface area contributed by atoms with E-state index in [1.807, 2.05) is 0 Å². The molecule has 2 aromatic rings. The minimum absolute atomic E-state index is 0.0567. The van der Waals surface area contributed by atoms with Crippen LogP contribution in [0.5, 0.6) is 0 Å². The third-order valence-corrected chi connectivity index (χ3v) is 5.10. The minimum Gasteiger partial charge on any atom is -0.311 e. The summed E-state index contributed by atoms with van der Waals surface area (Å²) < 4.78 is 26.9. The zero-order valence-corrected chi connectivity index (χ0v) is 14.9. The van der Waals surface area contributed by atoms with Gasteiger partial charge in [-0.2, -0.15) is 0 Å². The Balaban J connectivity index is 2.09. The van der Waals surface area contributed by atoms with E-state index in [0.29, 0.717) is 11.3 Å². The summed E-state index contributed by atoms with van der Waals surface area (Å²) in [6.07, 6.45) is 0. The summed E-state index contributed by atoms with van der Waals surface area (Å²) in [5.41, 5.74) is 1.05. The monoisotopic (exact) mass is 360 g/mol. The molecule has 0 aliphatic rings. The van der Waals surface area contributed by atoms with Gasteiger partial charge in [0.2, 0.25) is 15.9 Å². The average molecular weight is 360 g/mol. The number of Topliss-reactive ketones (excluding diaryl/α,β-unsaturated/α-hetero) is 1. The number of sulfonamides is 1. The van der Waals surface area contributed by atoms with Crippen LogP contribution < -0.4 is 9.62 Å². The first-order chi connectivity index (χ1) is 11.8. The number of carbonyl (C=O) groups excluding carboxylic acids is 2. The Hall–Kier alpha value is -2.51. The van der Waals surface area contributed by atoms with Gasteiger partial charge in [0.15, 0.2) is 5.78 Å². The van der Waals surface area contributed by atoms with Crippen LogP contribution in [0.4, 0.5) is 5.69 Å². The third kappa shape index (κ3) is 4.98. The van der Waals surface area contributed by atoms with Crippen molar-refractivity contribution >= 4 is 27.4 Å². The number of amides is 1. The van der Waals surface area contributed by atoms with Crippen LogP contribution in [-0.2, 0) is 14.8 Å². The third-order valence-electron chi connectivity index (χ3n) is 3.63. The summed E-state index contributed by atoms with van der Waals surface area (Å²) in [6, 6.07) is 14.7. The largest absolute Gasteiger partial charge is 0.311 e. The molecular formula is C18H20N2O4S. The van der Waals surface area contributed by atoms with Gasteiger partial charge in [-0.05, 0) is 31.2 Å². The van der Waals surface area contributed by atoms with E-state index in [2.05, 4.69) is 4.72 Å². The van der Waals surface area contributed by atoms with Crippen LogP contribution in [0.3, 0.4) is 0 Å². The Morgan fingerprint density at radius 1 is 1.00 bits per heavy atom. The summed E-state index contributed by atoms with van der Waals surface area (Å²) in [4.78, 5) is 25.0. The molecular weight excluding hydrogens is 340 g/mol. The van der Waals surface area contributed by atoms with Crippen molar-refractivity contribution in [2.45, 2.75) is 18.7 Å². The predicted molar refractivity (Wildman–Crippen MR) is 96.1 cm³/mol. The van der Waals surface area contributed by atoms with Crippen molar-refractivity contribution in [3.8, 4) is 0 Å². The zero-order chi connectivity index (χ0) is 18.4. The fourth-order valence-corrected chi connectivity index (χ4v) is 3.38. The molecule has 0 heterocycles. The van der Waals surface area contributed by atoms with Crippen molar-refractivity contribution in [3.63, 3.8) is 0 Å². The molecule has 2 aromatic carbocycles. The maximum atomic E-state index is 12.2. The topological polar surface area (TPSA) is 83.6 Å². The highest BCUT2D eigenvalue weighted by molar-refractivity contribution is 7.89. The van der Waals surface area contributed by atoms with Gasteiger partial charge in [-0.25, -0.2) is 13.1 Å².